The van der Waals surface area contributed by atoms with Gasteiger partial charge in [-0.3, -0.25) is 9.48 Å². The van der Waals surface area contributed by atoms with E-state index in [-0.39, 0.29) is 12.3 Å². The minimum Gasteiger partial charge on any atom is -0.461 e. The molecule has 0 atom stereocenters. The summed E-state index contributed by atoms with van der Waals surface area (Å²) in [6, 6.07) is 10.8. The fraction of sp³-hybridized carbons (Fsp3) is 0.176. The summed E-state index contributed by atoms with van der Waals surface area (Å²) in [5, 5.41) is 4.66. The van der Waals surface area contributed by atoms with E-state index in [4.69, 9.17) is 4.74 Å². The third-order valence-electron chi connectivity index (χ3n) is 3.45. The number of pyridine rings is 1. The maximum atomic E-state index is 12.5. The highest BCUT2D eigenvalue weighted by atomic mass is 79.9. The fourth-order valence-corrected chi connectivity index (χ4v) is 2.60. The van der Waals surface area contributed by atoms with Crippen LogP contribution in [0.25, 0.3) is 10.9 Å². The van der Waals surface area contributed by atoms with E-state index in [1.807, 2.05) is 18.2 Å². The van der Waals surface area contributed by atoms with Crippen LogP contribution in [0.1, 0.15) is 23.0 Å². The van der Waals surface area contributed by atoms with Crippen LogP contribution in [0.3, 0.4) is 0 Å². The normalized spacial score (nSPS) is 10.8. The van der Waals surface area contributed by atoms with Crippen molar-refractivity contribution in [1.29, 1.82) is 0 Å². The molecule has 0 fully saturated rings. The average molecular weight is 388 g/mol. The lowest BCUT2D eigenvalue weighted by Gasteiger charge is -2.11. The van der Waals surface area contributed by atoms with Gasteiger partial charge in [0.15, 0.2) is 0 Å². The molecule has 0 bridgehead atoms. The van der Waals surface area contributed by atoms with E-state index in [0.29, 0.717) is 17.4 Å². The Morgan fingerprint density at radius 1 is 1.25 bits per heavy atom. The summed E-state index contributed by atoms with van der Waals surface area (Å²) in [6.45, 7) is 2.25. The van der Waals surface area contributed by atoms with Crippen LogP contribution in [-0.4, -0.2) is 27.3 Å². The van der Waals surface area contributed by atoms with Crippen molar-refractivity contribution in [3.63, 3.8) is 0 Å². The maximum absolute atomic E-state index is 12.5. The van der Waals surface area contributed by atoms with Gasteiger partial charge >= 0.3 is 5.97 Å². The van der Waals surface area contributed by atoms with Gasteiger partial charge < -0.3 is 4.74 Å². The molecule has 3 rings (SSSR count). The van der Waals surface area contributed by atoms with Crippen LogP contribution >= 0.6 is 15.9 Å². The lowest BCUT2D eigenvalue weighted by Crippen LogP contribution is -2.25. The molecule has 0 N–H and O–H groups in total. The lowest BCUT2D eigenvalue weighted by molar-refractivity contribution is 0.0515. The number of benzene rings is 1. The van der Waals surface area contributed by atoms with Crippen molar-refractivity contribution in [2.45, 2.75) is 13.5 Å². The first kappa shape index (κ1) is 16.3. The van der Waals surface area contributed by atoms with E-state index in [0.717, 1.165) is 10.2 Å². The molecular weight excluding hydrogens is 374 g/mol. The van der Waals surface area contributed by atoms with Crippen molar-refractivity contribution >= 4 is 32.8 Å². The molecule has 0 aliphatic rings. The summed E-state index contributed by atoms with van der Waals surface area (Å²) in [5.74, 6) is -0.712. The van der Waals surface area contributed by atoms with E-state index < -0.39 is 11.4 Å². The van der Waals surface area contributed by atoms with Gasteiger partial charge in [-0.05, 0) is 46.6 Å². The summed E-state index contributed by atoms with van der Waals surface area (Å²) in [6.07, 6.45) is 1.71. The van der Waals surface area contributed by atoms with E-state index in [2.05, 4.69) is 26.0 Å². The highest BCUT2D eigenvalue weighted by molar-refractivity contribution is 9.10. The van der Waals surface area contributed by atoms with Crippen molar-refractivity contribution in [3.8, 4) is 0 Å². The Bertz CT molecular complexity index is 951. The minimum absolute atomic E-state index is 0.184. The van der Waals surface area contributed by atoms with Crippen LogP contribution in [-0.2, 0) is 11.3 Å². The van der Waals surface area contributed by atoms with Crippen molar-refractivity contribution in [3.05, 3.63) is 68.7 Å². The molecule has 0 aliphatic carbocycles. The van der Waals surface area contributed by atoms with E-state index in [9.17, 15) is 9.59 Å². The highest BCUT2D eigenvalue weighted by Gasteiger charge is 2.18. The Morgan fingerprint density at radius 2 is 2.04 bits per heavy atom. The van der Waals surface area contributed by atoms with Crippen LogP contribution < -0.4 is 5.43 Å². The molecule has 0 aliphatic heterocycles. The Kier molecular flexibility index (Phi) is 4.71. The molecule has 2 heterocycles. The molecule has 0 radical (unpaired) electrons. The Morgan fingerprint density at radius 3 is 2.75 bits per heavy atom. The van der Waals surface area contributed by atoms with Crippen LogP contribution in [0.5, 0.6) is 0 Å². The molecule has 6 nitrogen and oxygen atoms in total. The second-order valence-corrected chi connectivity index (χ2v) is 5.87. The number of carbonyl (C=O) groups excluding carboxylic acids is 1. The Balaban J connectivity index is 2.15. The second-order valence-electron chi connectivity index (χ2n) is 5.06. The smallest absolute Gasteiger partial charge is 0.362 e. The summed E-state index contributed by atoms with van der Waals surface area (Å²) >= 11 is 3.29. The van der Waals surface area contributed by atoms with Crippen molar-refractivity contribution in [1.82, 2.24) is 14.8 Å². The number of halogens is 1. The number of nitrogens with zero attached hydrogens (tertiary/aromatic N) is 3. The molecule has 24 heavy (non-hydrogen) atoms. The van der Waals surface area contributed by atoms with Crippen molar-refractivity contribution < 1.29 is 9.53 Å². The standard InChI is InChI=1S/C17H14BrN3O3/c1-2-24-17(23)15-16(22)12-5-3-4-6-13(12)21(20-15)10-11-7-8-14(18)19-9-11/h3-9H,2,10H2,1H3. The molecule has 122 valence electrons. The van der Waals surface area contributed by atoms with Gasteiger partial charge in [0.2, 0.25) is 11.1 Å². The van der Waals surface area contributed by atoms with E-state index in [1.165, 1.54) is 0 Å². The number of hydrogen-bond donors (Lipinski definition) is 0. The van der Waals surface area contributed by atoms with Crippen LogP contribution in [0, 0.1) is 0 Å². The van der Waals surface area contributed by atoms with Crippen LogP contribution in [0.15, 0.2) is 52.0 Å². The fourth-order valence-electron chi connectivity index (χ4n) is 2.36. The highest BCUT2D eigenvalue weighted by Crippen LogP contribution is 2.13. The number of aromatic nitrogens is 3. The summed E-state index contributed by atoms with van der Waals surface area (Å²) < 4.78 is 7.30. The molecule has 7 heteroatoms. The number of carbonyl (C=O) groups is 1. The van der Waals surface area contributed by atoms with Gasteiger partial charge in [-0.15, -0.1) is 0 Å². The number of rotatable bonds is 4. The summed E-state index contributed by atoms with van der Waals surface area (Å²) in [7, 11) is 0. The van der Waals surface area contributed by atoms with Gasteiger partial charge in [-0.25, -0.2) is 9.78 Å². The van der Waals surface area contributed by atoms with Gasteiger partial charge in [-0.1, -0.05) is 18.2 Å². The number of fused-ring (bicyclic) bond motifs is 1. The number of ether oxygens (including phenoxy) is 1. The molecule has 0 unspecified atom stereocenters. The van der Waals surface area contributed by atoms with E-state index in [1.54, 1.807) is 36.0 Å². The summed E-state index contributed by atoms with van der Waals surface area (Å²) in [4.78, 5) is 28.7. The van der Waals surface area contributed by atoms with Crippen LogP contribution in [0.2, 0.25) is 0 Å². The van der Waals surface area contributed by atoms with E-state index >= 15 is 0 Å². The quantitative estimate of drug-likeness (QED) is 0.508. The van der Waals surface area contributed by atoms with Gasteiger partial charge in [0.1, 0.15) is 4.60 Å². The molecule has 3 aromatic rings. The third-order valence-corrected chi connectivity index (χ3v) is 3.92. The van der Waals surface area contributed by atoms with Crippen molar-refractivity contribution in [2.24, 2.45) is 0 Å². The molecular formula is C17H14BrN3O3. The topological polar surface area (TPSA) is 74.1 Å². The molecule has 0 amide bonds. The zero-order chi connectivity index (χ0) is 17.1. The van der Waals surface area contributed by atoms with Crippen molar-refractivity contribution in [2.75, 3.05) is 6.61 Å². The van der Waals surface area contributed by atoms with Gasteiger partial charge in [0, 0.05) is 11.6 Å². The largest absolute Gasteiger partial charge is 0.461 e. The first-order valence-corrected chi connectivity index (χ1v) is 8.17. The zero-order valence-corrected chi connectivity index (χ0v) is 14.5. The number of esters is 1. The Hall–Kier alpha value is -2.54. The average Bonchev–Trinajstić information content (AvgIpc) is 2.59. The Labute approximate surface area is 146 Å². The first-order chi connectivity index (χ1) is 11.6. The van der Waals surface area contributed by atoms with Gasteiger partial charge in [0.05, 0.1) is 18.7 Å². The lowest BCUT2D eigenvalue weighted by atomic mass is 10.2. The number of para-hydroxylation sites is 1. The zero-order valence-electron chi connectivity index (χ0n) is 12.9. The van der Waals surface area contributed by atoms with Crippen LogP contribution in [0.4, 0.5) is 0 Å². The predicted molar refractivity (Wildman–Crippen MR) is 93.0 cm³/mol. The second kappa shape index (κ2) is 6.92. The first-order valence-electron chi connectivity index (χ1n) is 7.37. The predicted octanol–water partition coefficient (Wildman–Crippen LogP) is 2.78. The molecule has 2 aromatic heterocycles. The molecule has 1 aromatic carbocycles. The summed E-state index contributed by atoms with van der Waals surface area (Å²) in [5.41, 5.74) is 0.919. The third kappa shape index (κ3) is 3.21. The van der Waals surface area contributed by atoms with Gasteiger partial charge in [-0.2, -0.15) is 5.10 Å². The van der Waals surface area contributed by atoms with Gasteiger partial charge in [0.25, 0.3) is 0 Å². The maximum Gasteiger partial charge on any atom is 0.362 e. The molecule has 0 saturated carbocycles. The molecule has 0 saturated heterocycles. The monoisotopic (exact) mass is 387 g/mol. The number of hydrogen-bond acceptors (Lipinski definition) is 5. The minimum atomic E-state index is -0.712. The molecule has 0 spiro atoms. The SMILES string of the molecule is CCOC(=O)c1nn(Cc2ccc(Br)nc2)c2ccccc2c1=O.